The van der Waals surface area contributed by atoms with Crippen LogP contribution in [-0.4, -0.2) is 27.4 Å². The van der Waals surface area contributed by atoms with Gasteiger partial charge < -0.3 is 14.3 Å². The molecule has 2 heterocycles. The van der Waals surface area contributed by atoms with Gasteiger partial charge in [-0.15, -0.1) is 0 Å². The van der Waals surface area contributed by atoms with Crippen molar-refractivity contribution in [3.63, 3.8) is 0 Å². The lowest BCUT2D eigenvalue weighted by Crippen LogP contribution is -2.17. The van der Waals surface area contributed by atoms with Crippen molar-refractivity contribution in [2.24, 2.45) is 7.05 Å². The van der Waals surface area contributed by atoms with Crippen molar-refractivity contribution in [2.75, 3.05) is 7.11 Å². The van der Waals surface area contributed by atoms with Crippen molar-refractivity contribution in [1.29, 1.82) is 5.26 Å². The number of ether oxygens (including phenoxy) is 1. The van der Waals surface area contributed by atoms with Crippen LogP contribution < -0.4 is 4.74 Å². The normalized spacial score (nSPS) is 12.2. The standard InChI is InChI=1S/C21H18N4O2/c1-25-19-6-4-3-5-18(19)24-21(25)16(11-22)20(26)9-13-12-23-17-8-7-14(27-2)10-15(13)17/h3-8,10,12,16,23H,9H2,1-2H3. The first kappa shape index (κ1) is 16.9. The second kappa shape index (κ2) is 6.61. The molecule has 1 atom stereocenters. The van der Waals surface area contributed by atoms with Crippen LogP contribution in [0.25, 0.3) is 21.9 Å². The van der Waals surface area contributed by atoms with Crippen molar-refractivity contribution in [3.05, 3.63) is 60.0 Å². The number of benzene rings is 2. The highest BCUT2D eigenvalue weighted by atomic mass is 16.5. The Morgan fingerprint density at radius 2 is 2.15 bits per heavy atom. The number of imidazole rings is 1. The summed E-state index contributed by atoms with van der Waals surface area (Å²) in [5.41, 5.74) is 3.44. The molecule has 0 bridgehead atoms. The van der Waals surface area contributed by atoms with E-state index in [0.29, 0.717) is 5.82 Å². The summed E-state index contributed by atoms with van der Waals surface area (Å²) in [5, 5.41) is 10.6. The Labute approximate surface area is 156 Å². The molecule has 6 nitrogen and oxygen atoms in total. The number of aryl methyl sites for hydroxylation is 1. The number of H-pyrrole nitrogens is 1. The van der Waals surface area contributed by atoms with E-state index in [4.69, 9.17) is 4.74 Å². The van der Waals surface area contributed by atoms with Crippen LogP contribution in [0.1, 0.15) is 17.3 Å². The maximum atomic E-state index is 12.9. The van der Waals surface area contributed by atoms with Crippen molar-refractivity contribution in [2.45, 2.75) is 12.3 Å². The van der Waals surface area contributed by atoms with Crippen LogP contribution in [0.4, 0.5) is 0 Å². The molecule has 0 aliphatic carbocycles. The molecule has 0 aliphatic heterocycles. The van der Waals surface area contributed by atoms with E-state index in [1.165, 1.54) is 0 Å². The van der Waals surface area contributed by atoms with E-state index in [0.717, 1.165) is 33.2 Å². The minimum Gasteiger partial charge on any atom is -0.497 e. The third-order valence-corrected chi connectivity index (χ3v) is 4.87. The molecule has 4 rings (SSSR count). The maximum Gasteiger partial charge on any atom is 0.163 e. The first-order valence-corrected chi connectivity index (χ1v) is 8.60. The lowest BCUT2D eigenvalue weighted by atomic mass is 9.98. The van der Waals surface area contributed by atoms with Gasteiger partial charge in [-0.1, -0.05) is 12.1 Å². The number of hydrogen-bond donors (Lipinski definition) is 1. The summed E-state index contributed by atoms with van der Waals surface area (Å²) >= 11 is 0. The van der Waals surface area contributed by atoms with Gasteiger partial charge in [-0.25, -0.2) is 4.98 Å². The number of aromatic nitrogens is 3. The highest BCUT2D eigenvalue weighted by Gasteiger charge is 2.26. The van der Waals surface area contributed by atoms with Crippen LogP contribution >= 0.6 is 0 Å². The van der Waals surface area contributed by atoms with Crippen LogP contribution in [0.2, 0.25) is 0 Å². The van der Waals surface area contributed by atoms with Crippen molar-refractivity contribution in [1.82, 2.24) is 14.5 Å². The topological polar surface area (TPSA) is 83.7 Å². The SMILES string of the molecule is COc1ccc2[nH]cc(CC(=O)C(C#N)c3nc4ccccc4n3C)c2c1. The molecule has 0 aliphatic rings. The minimum absolute atomic E-state index is 0.147. The number of Topliss-reactive ketones (excluding diaryl/α,β-unsaturated/α-hetero) is 1. The van der Waals surface area contributed by atoms with Crippen LogP contribution in [0.15, 0.2) is 48.7 Å². The molecule has 0 spiro atoms. The molecule has 1 N–H and O–H groups in total. The Bertz CT molecular complexity index is 1200. The molecular weight excluding hydrogens is 340 g/mol. The Morgan fingerprint density at radius 3 is 2.89 bits per heavy atom. The van der Waals surface area contributed by atoms with Gasteiger partial charge in [0.1, 0.15) is 11.6 Å². The molecular formula is C21H18N4O2. The molecule has 0 saturated carbocycles. The van der Waals surface area contributed by atoms with E-state index in [-0.39, 0.29) is 12.2 Å². The van der Waals surface area contributed by atoms with E-state index >= 15 is 0 Å². The second-order valence-electron chi connectivity index (χ2n) is 6.45. The summed E-state index contributed by atoms with van der Waals surface area (Å²) in [5.74, 6) is 0.0988. The smallest absolute Gasteiger partial charge is 0.163 e. The molecule has 2 aromatic heterocycles. The number of methoxy groups -OCH3 is 1. The third-order valence-electron chi connectivity index (χ3n) is 4.87. The van der Waals surface area contributed by atoms with Crippen molar-refractivity contribution in [3.8, 4) is 11.8 Å². The average molecular weight is 358 g/mol. The van der Waals surface area contributed by atoms with Gasteiger partial charge in [-0.2, -0.15) is 5.26 Å². The number of aromatic amines is 1. The van der Waals surface area contributed by atoms with Crippen LogP contribution in [0, 0.1) is 11.3 Å². The molecule has 1 unspecified atom stereocenters. The molecule has 4 aromatic rings. The Morgan fingerprint density at radius 1 is 1.33 bits per heavy atom. The maximum absolute atomic E-state index is 12.9. The Hall–Kier alpha value is -3.59. The second-order valence-corrected chi connectivity index (χ2v) is 6.45. The van der Waals surface area contributed by atoms with Gasteiger partial charge in [0.15, 0.2) is 11.7 Å². The molecule has 2 aromatic carbocycles. The lowest BCUT2D eigenvalue weighted by Gasteiger charge is -2.08. The Balaban J connectivity index is 1.69. The summed E-state index contributed by atoms with van der Waals surface area (Å²) in [7, 11) is 3.44. The third kappa shape index (κ3) is 2.83. The molecule has 134 valence electrons. The first-order chi connectivity index (χ1) is 13.1. The van der Waals surface area contributed by atoms with E-state index in [9.17, 15) is 10.1 Å². The van der Waals surface area contributed by atoms with Crippen molar-refractivity contribution < 1.29 is 9.53 Å². The molecule has 6 heteroatoms. The quantitative estimate of drug-likeness (QED) is 0.592. The zero-order valence-corrected chi connectivity index (χ0v) is 15.1. The molecule has 0 amide bonds. The number of nitriles is 1. The Kier molecular flexibility index (Phi) is 4.13. The summed E-state index contributed by atoms with van der Waals surface area (Å²) in [6.45, 7) is 0. The number of carbonyl (C=O) groups excluding carboxylic acids is 1. The zero-order chi connectivity index (χ0) is 19.0. The fourth-order valence-electron chi connectivity index (χ4n) is 3.42. The predicted molar refractivity (Wildman–Crippen MR) is 103 cm³/mol. The molecule has 0 saturated heterocycles. The summed E-state index contributed by atoms with van der Waals surface area (Å²) < 4.78 is 7.09. The molecule has 0 radical (unpaired) electrons. The lowest BCUT2D eigenvalue weighted by molar-refractivity contribution is -0.118. The van der Waals surface area contributed by atoms with E-state index in [1.807, 2.05) is 60.3 Å². The average Bonchev–Trinajstić information content (AvgIpc) is 3.24. The highest BCUT2D eigenvalue weighted by molar-refractivity contribution is 5.95. The number of nitrogens with zero attached hydrogens (tertiary/aromatic N) is 3. The van der Waals surface area contributed by atoms with Gasteiger partial charge in [0.05, 0.1) is 24.2 Å². The van der Waals surface area contributed by atoms with Gasteiger partial charge in [-0.05, 0) is 35.9 Å². The van der Waals surface area contributed by atoms with Crippen molar-refractivity contribution >= 4 is 27.7 Å². The van der Waals surface area contributed by atoms with Gasteiger partial charge in [0.25, 0.3) is 0 Å². The van der Waals surface area contributed by atoms with Gasteiger partial charge in [0, 0.05) is 30.6 Å². The van der Waals surface area contributed by atoms with Gasteiger partial charge in [0.2, 0.25) is 0 Å². The van der Waals surface area contributed by atoms with Crippen LogP contribution in [0.5, 0.6) is 5.75 Å². The van der Waals surface area contributed by atoms with Crippen LogP contribution in [0.3, 0.4) is 0 Å². The zero-order valence-electron chi connectivity index (χ0n) is 15.1. The number of carbonyl (C=O) groups is 1. The number of hydrogen-bond acceptors (Lipinski definition) is 4. The largest absolute Gasteiger partial charge is 0.497 e. The minimum atomic E-state index is -0.919. The summed E-state index contributed by atoms with van der Waals surface area (Å²) in [4.78, 5) is 20.6. The van der Waals surface area contributed by atoms with E-state index in [1.54, 1.807) is 7.11 Å². The number of ketones is 1. The first-order valence-electron chi connectivity index (χ1n) is 8.60. The fourth-order valence-corrected chi connectivity index (χ4v) is 3.42. The number of para-hydroxylation sites is 2. The fraction of sp³-hybridized carbons (Fsp3) is 0.190. The monoisotopic (exact) mass is 358 g/mol. The number of fused-ring (bicyclic) bond motifs is 2. The predicted octanol–water partition coefficient (Wildman–Crippen LogP) is 3.48. The molecule has 27 heavy (non-hydrogen) atoms. The number of nitrogens with one attached hydrogen (secondary N) is 1. The number of rotatable bonds is 5. The van der Waals surface area contributed by atoms with Crippen LogP contribution in [-0.2, 0) is 18.3 Å². The van der Waals surface area contributed by atoms with Gasteiger partial charge >= 0.3 is 0 Å². The van der Waals surface area contributed by atoms with E-state index in [2.05, 4.69) is 16.0 Å². The summed E-state index contributed by atoms with van der Waals surface area (Å²) in [6, 6.07) is 15.4. The van der Waals surface area contributed by atoms with Gasteiger partial charge in [-0.3, -0.25) is 4.79 Å². The summed E-state index contributed by atoms with van der Waals surface area (Å²) in [6.07, 6.45) is 1.96. The molecule has 0 fully saturated rings. The van der Waals surface area contributed by atoms with E-state index < -0.39 is 5.92 Å². The highest BCUT2D eigenvalue weighted by Crippen LogP contribution is 2.27.